The van der Waals surface area contributed by atoms with Crippen LogP contribution in [0.2, 0.25) is 0 Å². The van der Waals surface area contributed by atoms with Gasteiger partial charge in [-0.1, -0.05) is 0 Å². The van der Waals surface area contributed by atoms with Crippen LogP contribution in [0.3, 0.4) is 0 Å². The zero-order valence-corrected chi connectivity index (χ0v) is 6.16. The summed E-state index contributed by atoms with van der Waals surface area (Å²) in [5.74, 6) is -5.09. The first-order chi connectivity index (χ1) is 5.57. The van der Waals surface area contributed by atoms with E-state index in [1.54, 1.807) is 0 Å². The Morgan fingerprint density at radius 3 is 2.33 bits per heavy atom. The first-order valence-corrected chi connectivity index (χ1v) is 3.12. The van der Waals surface area contributed by atoms with Gasteiger partial charge >= 0.3 is 0 Å². The van der Waals surface area contributed by atoms with E-state index in [-0.39, 0.29) is 0 Å². The van der Waals surface area contributed by atoms with Crippen LogP contribution in [0, 0.1) is 17.5 Å². The fourth-order valence-electron chi connectivity index (χ4n) is 0.820. The first-order valence-electron chi connectivity index (χ1n) is 3.12. The van der Waals surface area contributed by atoms with E-state index in [2.05, 4.69) is 5.32 Å². The summed E-state index contributed by atoms with van der Waals surface area (Å²) in [5.41, 5.74) is -0.450. The molecule has 0 saturated carbocycles. The minimum atomic E-state index is -1.60. The Kier molecular flexibility index (Phi) is 2.12. The van der Waals surface area contributed by atoms with Crippen LogP contribution < -0.4 is 5.32 Å². The first kappa shape index (κ1) is 8.70. The number of hydrogen-bond donors (Lipinski definition) is 2. The van der Waals surface area contributed by atoms with Crippen molar-refractivity contribution in [3.63, 3.8) is 0 Å². The predicted octanol–water partition coefficient (Wildman–Crippen LogP) is 1.85. The van der Waals surface area contributed by atoms with E-state index in [0.717, 1.165) is 0 Å². The van der Waals surface area contributed by atoms with Crippen LogP contribution in [-0.2, 0) is 0 Å². The van der Waals surface area contributed by atoms with Gasteiger partial charge in [0.1, 0.15) is 11.4 Å². The third-order valence-corrected chi connectivity index (χ3v) is 1.39. The van der Waals surface area contributed by atoms with Gasteiger partial charge < -0.3 is 10.4 Å². The average molecular weight is 177 g/mol. The van der Waals surface area contributed by atoms with Crippen molar-refractivity contribution in [1.29, 1.82) is 0 Å². The zero-order valence-electron chi connectivity index (χ0n) is 6.16. The van der Waals surface area contributed by atoms with Gasteiger partial charge in [0.25, 0.3) is 0 Å². The summed E-state index contributed by atoms with van der Waals surface area (Å²) in [5, 5.41) is 11.1. The van der Waals surface area contributed by atoms with E-state index in [1.165, 1.54) is 7.05 Å². The van der Waals surface area contributed by atoms with Crippen molar-refractivity contribution in [2.45, 2.75) is 0 Å². The van der Waals surface area contributed by atoms with E-state index in [9.17, 15) is 13.2 Å². The lowest BCUT2D eigenvalue weighted by atomic mass is 10.2. The number of nitrogens with one attached hydrogen (secondary N) is 1. The third kappa shape index (κ3) is 1.17. The molecule has 12 heavy (non-hydrogen) atoms. The van der Waals surface area contributed by atoms with E-state index in [0.29, 0.717) is 6.07 Å². The maximum absolute atomic E-state index is 12.7. The van der Waals surface area contributed by atoms with Gasteiger partial charge in [-0.25, -0.2) is 13.2 Å². The summed E-state index contributed by atoms with van der Waals surface area (Å²) in [6.45, 7) is 0. The lowest BCUT2D eigenvalue weighted by Gasteiger charge is -2.05. The van der Waals surface area contributed by atoms with Crippen molar-refractivity contribution in [3.05, 3.63) is 23.5 Å². The number of halogens is 3. The number of aromatic hydroxyl groups is 1. The molecule has 0 unspecified atom stereocenters. The molecule has 0 heterocycles. The van der Waals surface area contributed by atoms with Crippen molar-refractivity contribution in [1.82, 2.24) is 0 Å². The largest absolute Gasteiger partial charge is 0.506 e. The van der Waals surface area contributed by atoms with Gasteiger partial charge in [0.05, 0.1) is 0 Å². The topological polar surface area (TPSA) is 32.3 Å². The highest BCUT2D eigenvalue weighted by Crippen LogP contribution is 2.29. The molecule has 0 amide bonds. The van der Waals surface area contributed by atoms with Crippen LogP contribution >= 0.6 is 0 Å². The summed E-state index contributed by atoms with van der Waals surface area (Å²) in [4.78, 5) is 0. The Hall–Kier alpha value is -1.39. The van der Waals surface area contributed by atoms with Crippen molar-refractivity contribution in [3.8, 4) is 5.75 Å². The Morgan fingerprint density at radius 2 is 1.83 bits per heavy atom. The van der Waals surface area contributed by atoms with Crippen LogP contribution in [0.15, 0.2) is 6.07 Å². The van der Waals surface area contributed by atoms with Crippen molar-refractivity contribution in [2.24, 2.45) is 0 Å². The summed E-state index contributed by atoms with van der Waals surface area (Å²) in [7, 11) is 1.29. The summed E-state index contributed by atoms with van der Waals surface area (Å²) < 4.78 is 37.5. The highest BCUT2D eigenvalue weighted by atomic mass is 19.2. The van der Waals surface area contributed by atoms with E-state index >= 15 is 0 Å². The molecule has 0 atom stereocenters. The Balaban J connectivity index is 3.40. The molecule has 0 radical (unpaired) electrons. The molecule has 0 aliphatic heterocycles. The molecule has 0 bridgehead atoms. The fourth-order valence-corrected chi connectivity index (χ4v) is 0.820. The summed E-state index contributed by atoms with van der Waals surface area (Å²) in [6.07, 6.45) is 0. The van der Waals surface area contributed by atoms with Gasteiger partial charge in [0.2, 0.25) is 0 Å². The lowest BCUT2D eigenvalue weighted by Crippen LogP contribution is -1.98. The average Bonchev–Trinajstić information content (AvgIpc) is 2.01. The molecule has 0 fully saturated rings. The van der Waals surface area contributed by atoms with Gasteiger partial charge in [0.15, 0.2) is 17.5 Å². The molecule has 1 aromatic carbocycles. The monoisotopic (exact) mass is 177 g/mol. The molecule has 0 spiro atoms. The van der Waals surface area contributed by atoms with Gasteiger partial charge in [-0.3, -0.25) is 0 Å². The molecular weight excluding hydrogens is 171 g/mol. The quantitative estimate of drug-likeness (QED) is 0.506. The maximum atomic E-state index is 12.7. The molecular formula is C7H6F3NO. The summed E-state index contributed by atoms with van der Waals surface area (Å²) in [6, 6.07) is 0.504. The SMILES string of the molecule is CNc1c(O)cc(F)c(F)c1F. The second kappa shape index (κ2) is 2.92. The molecule has 2 nitrogen and oxygen atoms in total. The fraction of sp³-hybridized carbons (Fsp3) is 0.143. The number of phenolic OH excluding ortho intramolecular Hbond substituents is 1. The number of anilines is 1. The lowest BCUT2D eigenvalue weighted by molar-refractivity contribution is 0.423. The van der Waals surface area contributed by atoms with Crippen molar-refractivity contribution in [2.75, 3.05) is 12.4 Å². The minimum Gasteiger partial charge on any atom is -0.506 e. The zero-order chi connectivity index (χ0) is 9.30. The third-order valence-electron chi connectivity index (χ3n) is 1.39. The normalized spacial score (nSPS) is 10.0. The Morgan fingerprint density at radius 1 is 1.25 bits per heavy atom. The molecule has 0 aromatic heterocycles. The second-order valence-corrected chi connectivity index (χ2v) is 2.13. The van der Waals surface area contributed by atoms with Crippen LogP contribution in [-0.4, -0.2) is 12.2 Å². The number of hydrogen-bond acceptors (Lipinski definition) is 2. The van der Waals surface area contributed by atoms with Gasteiger partial charge in [0, 0.05) is 13.1 Å². The maximum Gasteiger partial charge on any atom is 0.196 e. The van der Waals surface area contributed by atoms with Crippen LogP contribution in [0.25, 0.3) is 0 Å². The van der Waals surface area contributed by atoms with Gasteiger partial charge in [-0.2, -0.15) is 0 Å². The van der Waals surface area contributed by atoms with Crippen LogP contribution in [0.5, 0.6) is 5.75 Å². The van der Waals surface area contributed by atoms with Gasteiger partial charge in [-0.05, 0) is 0 Å². The van der Waals surface area contributed by atoms with Gasteiger partial charge in [-0.15, -0.1) is 0 Å². The van der Waals surface area contributed by atoms with Crippen LogP contribution in [0.4, 0.5) is 18.9 Å². The standard InChI is InChI=1S/C7H6F3NO/c1-11-7-4(12)2-3(8)5(9)6(7)10/h2,11-12H,1H3. The molecule has 0 aliphatic rings. The van der Waals surface area contributed by atoms with Crippen molar-refractivity contribution >= 4 is 5.69 Å². The van der Waals surface area contributed by atoms with E-state index in [1.807, 2.05) is 0 Å². The van der Waals surface area contributed by atoms with E-state index in [4.69, 9.17) is 5.11 Å². The molecule has 2 N–H and O–H groups in total. The Labute approximate surface area is 66.6 Å². The predicted molar refractivity (Wildman–Crippen MR) is 37.5 cm³/mol. The molecule has 1 aromatic rings. The molecule has 1 rings (SSSR count). The number of rotatable bonds is 1. The second-order valence-electron chi connectivity index (χ2n) is 2.13. The summed E-state index contributed by atoms with van der Waals surface area (Å²) >= 11 is 0. The number of phenols is 1. The molecule has 5 heteroatoms. The molecule has 0 saturated heterocycles. The highest BCUT2D eigenvalue weighted by molar-refractivity contribution is 5.56. The molecule has 66 valence electrons. The smallest absolute Gasteiger partial charge is 0.196 e. The van der Waals surface area contributed by atoms with Crippen molar-refractivity contribution < 1.29 is 18.3 Å². The number of benzene rings is 1. The highest BCUT2D eigenvalue weighted by Gasteiger charge is 2.16. The molecule has 0 aliphatic carbocycles. The van der Waals surface area contributed by atoms with E-state index < -0.39 is 28.9 Å². The Bertz CT molecular complexity index is 314. The minimum absolute atomic E-state index is 0.450. The van der Waals surface area contributed by atoms with Crippen LogP contribution in [0.1, 0.15) is 0 Å².